The molecule has 2 aromatic rings. The van der Waals surface area contributed by atoms with Crippen molar-refractivity contribution in [3.8, 4) is 0 Å². The predicted molar refractivity (Wildman–Crippen MR) is 84.4 cm³/mol. The average Bonchev–Trinajstić information content (AvgIpc) is 2.79. The number of thiazole rings is 1. The van der Waals surface area contributed by atoms with Gasteiger partial charge in [0.2, 0.25) is 0 Å². The second-order valence-corrected chi connectivity index (χ2v) is 6.85. The lowest BCUT2D eigenvalue weighted by Gasteiger charge is -2.06. The van der Waals surface area contributed by atoms with Crippen LogP contribution in [0.2, 0.25) is 5.02 Å². The van der Waals surface area contributed by atoms with Gasteiger partial charge in [-0.15, -0.1) is 11.3 Å². The van der Waals surface area contributed by atoms with Gasteiger partial charge >= 0.3 is 0 Å². The summed E-state index contributed by atoms with van der Waals surface area (Å²) in [5.41, 5.74) is 2.28. The molecular weight excluding hydrogens is 296 g/mol. The van der Waals surface area contributed by atoms with E-state index in [-0.39, 0.29) is 0 Å². The van der Waals surface area contributed by atoms with E-state index < -0.39 is 0 Å². The van der Waals surface area contributed by atoms with Gasteiger partial charge in [-0.25, -0.2) is 4.98 Å². The number of halogens is 1. The van der Waals surface area contributed by atoms with Crippen molar-refractivity contribution in [1.29, 1.82) is 0 Å². The molecule has 0 aliphatic rings. The largest absolute Gasteiger partial charge is 0.313 e. The van der Waals surface area contributed by atoms with Crippen molar-refractivity contribution in [3.63, 3.8) is 0 Å². The summed E-state index contributed by atoms with van der Waals surface area (Å²) in [6.45, 7) is 6.07. The summed E-state index contributed by atoms with van der Waals surface area (Å²) in [7, 11) is 0. The Morgan fingerprint density at radius 2 is 2.26 bits per heavy atom. The second kappa shape index (κ2) is 7.29. The van der Waals surface area contributed by atoms with Crippen LogP contribution < -0.4 is 5.32 Å². The van der Waals surface area contributed by atoms with E-state index in [1.54, 1.807) is 23.1 Å². The zero-order valence-corrected chi connectivity index (χ0v) is 13.5. The third-order valence-electron chi connectivity index (χ3n) is 2.55. The predicted octanol–water partition coefficient (Wildman–Crippen LogP) is 4.76. The molecule has 5 heteroatoms. The molecule has 0 aliphatic heterocycles. The summed E-state index contributed by atoms with van der Waals surface area (Å²) in [5, 5.41) is 6.23. The molecule has 1 heterocycles. The Labute approximate surface area is 127 Å². The number of hydrogen-bond donors (Lipinski definition) is 1. The van der Waals surface area contributed by atoms with Crippen molar-refractivity contribution in [2.24, 2.45) is 0 Å². The Hall–Kier alpha value is -0.550. The molecule has 1 aromatic heterocycles. The molecule has 0 fully saturated rings. The zero-order valence-electron chi connectivity index (χ0n) is 11.1. The van der Waals surface area contributed by atoms with E-state index in [9.17, 15) is 0 Å². The van der Waals surface area contributed by atoms with Crippen molar-refractivity contribution in [2.75, 3.05) is 6.54 Å². The van der Waals surface area contributed by atoms with E-state index in [0.717, 1.165) is 39.5 Å². The Bertz CT molecular complexity index is 540. The smallest absolute Gasteiger partial charge is 0.154 e. The lowest BCUT2D eigenvalue weighted by molar-refractivity contribution is 0.675. The Kier molecular flexibility index (Phi) is 5.70. The van der Waals surface area contributed by atoms with Crippen LogP contribution in [0.1, 0.15) is 24.6 Å². The molecule has 1 aromatic carbocycles. The number of benzene rings is 1. The van der Waals surface area contributed by atoms with Gasteiger partial charge in [-0.3, -0.25) is 0 Å². The van der Waals surface area contributed by atoms with Crippen LogP contribution in [0.4, 0.5) is 0 Å². The van der Waals surface area contributed by atoms with Gasteiger partial charge in [0.1, 0.15) is 0 Å². The highest BCUT2D eigenvalue weighted by molar-refractivity contribution is 8.01. The molecule has 0 amide bonds. The third kappa shape index (κ3) is 4.49. The fourth-order valence-electron chi connectivity index (χ4n) is 1.62. The zero-order chi connectivity index (χ0) is 13.7. The van der Waals surface area contributed by atoms with E-state index >= 15 is 0 Å². The first-order valence-electron chi connectivity index (χ1n) is 6.28. The van der Waals surface area contributed by atoms with E-state index in [2.05, 4.69) is 34.7 Å². The molecule has 0 radical (unpaired) electrons. The summed E-state index contributed by atoms with van der Waals surface area (Å²) >= 11 is 9.61. The maximum absolute atomic E-state index is 6.33. The highest BCUT2D eigenvalue weighted by Crippen LogP contribution is 2.35. The Morgan fingerprint density at radius 1 is 1.42 bits per heavy atom. The van der Waals surface area contributed by atoms with Gasteiger partial charge in [0, 0.05) is 22.5 Å². The lowest BCUT2D eigenvalue weighted by atomic mass is 10.2. The monoisotopic (exact) mass is 312 g/mol. The normalized spacial score (nSPS) is 10.9. The first kappa shape index (κ1) is 14.9. The van der Waals surface area contributed by atoms with Gasteiger partial charge in [0.05, 0.1) is 5.02 Å². The van der Waals surface area contributed by atoms with Crippen LogP contribution in [0.25, 0.3) is 0 Å². The van der Waals surface area contributed by atoms with Gasteiger partial charge in [-0.1, -0.05) is 36.4 Å². The fraction of sp³-hybridized carbons (Fsp3) is 0.357. The minimum atomic E-state index is 0.800. The lowest BCUT2D eigenvalue weighted by Crippen LogP contribution is -2.13. The summed E-state index contributed by atoms with van der Waals surface area (Å²) in [4.78, 5) is 5.51. The molecule has 0 unspecified atom stereocenters. The van der Waals surface area contributed by atoms with Gasteiger partial charge < -0.3 is 5.32 Å². The maximum Gasteiger partial charge on any atom is 0.154 e. The molecule has 0 saturated heterocycles. The van der Waals surface area contributed by atoms with E-state index in [4.69, 9.17) is 11.6 Å². The maximum atomic E-state index is 6.33. The number of nitrogens with one attached hydrogen (secondary N) is 1. The number of aryl methyl sites for hydroxylation is 1. The standard InChI is InChI=1S/C14H17ClN2S2/c1-3-6-16-8-11-4-5-13(12(15)7-11)19-14-17-10(2)9-18-14/h4-5,7,9,16H,3,6,8H2,1-2H3. The molecule has 19 heavy (non-hydrogen) atoms. The molecule has 2 rings (SSSR count). The van der Waals surface area contributed by atoms with Crippen molar-refractivity contribution in [1.82, 2.24) is 10.3 Å². The van der Waals surface area contributed by atoms with Crippen LogP contribution in [-0.2, 0) is 6.54 Å². The van der Waals surface area contributed by atoms with Gasteiger partial charge in [-0.05, 0) is 37.6 Å². The molecule has 0 atom stereocenters. The topological polar surface area (TPSA) is 24.9 Å². The van der Waals surface area contributed by atoms with Gasteiger partial charge in [-0.2, -0.15) is 0 Å². The highest BCUT2D eigenvalue weighted by Gasteiger charge is 2.06. The minimum Gasteiger partial charge on any atom is -0.313 e. The number of rotatable bonds is 6. The summed E-state index contributed by atoms with van der Waals surface area (Å²) < 4.78 is 1.04. The summed E-state index contributed by atoms with van der Waals surface area (Å²) in [6, 6.07) is 6.23. The van der Waals surface area contributed by atoms with Crippen LogP contribution in [0.5, 0.6) is 0 Å². The molecule has 0 bridgehead atoms. The fourth-order valence-corrected chi connectivity index (χ4v) is 3.74. The van der Waals surface area contributed by atoms with E-state index in [0.29, 0.717) is 0 Å². The Morgan fingerprint density at radius 3 is 2.89 bits per heavy atom. The first-order valence-corrected chi connectivity index (χ1v) is 8.35. The van der Waals surface area contributed by atoms with Gasteiger partial charge in [0.25, 0.3) is 0 Å². The third-order valence-corrected chi connectivity index (χ3v) is 5.10. The minimum absolute atomic E-state index is 0.800. The molecule has 0 saturated carbocycles. The molecule has 1 N–H and O–H groups in total. The summed E-state index contributed by atoms with van der Waals surface area (Å²) in [5.74, 6) is 0. The van der Waals surface area contributed by atoms with E-state index in [1.165, 1.54) is 5.56 Å². The molecule has 102 valence electrons. The second-order valence-electron chi connectivity index (χ2n) is 4.30. The van der Waals surface area contributed by atoms with E-state index in [1.807, 2.05) is 13.0 Å². The highest BCUT2D eigenvalue weighted by atomic mass is 35.5. The van der Waals surface area contributed by atoms with Crippen molar-refractivity contribution >= 4 is 34.7 Å². The Balaban J connectivity index is 2.02. The van der Waals surface area contributed by atoms with Crippen molar-refractivity contribution in [3.05, 3.63) is 39.9 Å². The molecule has 0 aliphatic carbocycles. The van der Waals surface area contributed by atoms with Crippen molar-refractivity contribution in [2.45, 2.75) is 36.0 Å². The van der Waals surface area contributed by atoms with Crippen molar-refractivity contribution < 1.29 is 0 Å². The number of aromatic nitrogens is 1. The summed E-state index contributed by atoms with van der Waals surface area (Å²) in [6.07, 6.45) is 1.14. The quantitative estimate of drug-likeness (QED) is 0.779. The number of hydrogen-bond acceptors (Lipinski definition) is 4. The van der Waals surface area contributed by atoms with Gasteiger partial charge in [0.15, 0.2) is 4.34 Å². The first-order chi connectivity index (χ1) is 9.19. The SMILES string of the molecule is CCCNCc1ccc(Sc2nc(C)cs2)c(Cl)c1. The number of nitrogens with zero attached hydrogens (tertiary/aromatic N) is 1. The average molecular weight is 313 g/mol. The molecule has 0 spiro atoms. The van der Waals surface area contributed by atoms with Crippen LogP contribution in [0.3, 0.4) is 0 Å². The van der Waals surface area contributed by atoms with Crippen LogP contribution >= 0.6 is 34.7 Å². The van der Waals surface area contributed by atoms with Crippen LogP contribution in [-0.4, -0.2) is 11.5 Å². The molecular formula is C14H17ClN2S2. The van der Waals surface area contributed by atoms with Crippen LogP contribution in [0.15, 0.2) is 32.8 Å². The van der Waals surface area contributed by atoms with Crippen LogP contribution in [0, 0.1) is 6.92 Å². The molecule has 2 nitrogen and oxygen atoms in total.